The summed E-state index contributed by atoms with van der Waals surface area (Å²) in [4.78, 5) is 65.2. The molecule has 0 fully saturated rings. The van der Waals surface area contributed by atoms with Crippen LogP contribution in [0, 0.1) is 13.8 Å². The first-order valence-corrected chi connectivity index (χ1v) is 12.5. The third-order valence-corrected chi connectivity index (χ3v) is 5.82. The van der Waals surface area contributed by atoms with Crippen LogP contribution >= 0.6 is 0 Å². The van der Waals surface area contributed by atoms with Gasteiger partial charge in [-0.2, -0.15) is 5.10 Å². The third-order valence-electron chi connectivity index (χ3n) is 5.82. The second-order valence-corrected chi connectivity index (χ2v) is 8.52. The summed E-state index contributed by atoms with van der Waals surface area (Å²) < 4.78 is 11.0. The molecule has 13 nitrogen and oxygen atoms in total. The Hall–Kier alpha value is -5.07. The number of esters is 1. The summed E-state index contributed by atoms with van der Waals surface area (Å²) in [5, 5.41) is 10.3. The number of rotatable bonds is 11. The van der Waals surface area contributed by atoms with Crippen LogP contribution in [-0.4, -0.2) is 69.5 Å². The summed E-state index contributed by atoms with van der Waals surface area (Å²) in [5.41, 5.74) is 3.17. The minimum absolute atomic E-state index is 0.0227. The van der Waals surface area contributed by atoms with Gasteiger partial charge in [0.25, 0.3) is 11.8 Å². The van der Waals surface area contributed by atoms with E-state index in [0.29, 0.717) is 41.0 Å². The summed E-state index contributed by atoms with van der Waals surface area (Å²) in [7, 11) is 0. The summed E-state index contributed by atoms with van der Waals surface area (Å²) >= 11 is 0. The average Bonchev–Trinajstić information content (AvgIpc) is 3.29. The number of imide groups is 1. The van der Waals surface area contributed by atoms with E-state index < -0.39 is 24.8 Å². The van der Waals surface area contributed by atoms with Crippen molar-refractivity contribution >= 4 is 47.2 Å². The maximum atomic E-state index is 13.3. The number of allylic oxidation sites excluding steroid dienone is 1. The van der Waals surface area contributed by atoms with Crippen molar-refractivity contribution in [3.63, 3.8) is 0 Å². The van der Waals surface area contributed by atoms with Crippen molar-refractivity contribution in [1.29, 1.82) is 0 Å². The molecule has 0 saturated carbocycles. The van der Waals surface area contributed by atoms with Crippen LogP contribution in [0.1, 0.15) is 52.1 Å². The van der Waals surface area contributed by atoms with Crippen LogP contribution < -0.4 is 10.6 Å². The van der Waals surface area contributed by atoms with Crippen LogP contribution in [0.25, 0.3) is 5.52 Å². The molecule has 1 aromatic carbocycles. The predicted molar refractivity (Wildman–Crippen MR) is 144 cm³/mol. The van der Waals surface area contributed by atoms with Gasteiger partial charge in [0.1, 0.15) is 18.1 Å². The zero-order valence-electron chi connectivity index (χ0n) is 22.6. The molecule has 0 atom stereocenters. The molecule has 2 aromatic heterocycles. The molecule has 3 aromatic rings. The van der Waals surface area contributed by atoms with Gasteiger partial charge in [-0.3, -0.25) is 14.4 Å². The Kier molecular flexibility index (Phi) is 10.1. The smallest absolute Gasteiger partial charge is 0.419 e. The summed E-state index contributed by atoms with van der Waals surface area (Å²) in [6.45, 7) is 6.93. The van der Waals surface area contributed by atoms with Crippen molar-refractivity contribution in [1.82, 2.24) is 24.8 Å². The monoisotopic (exact) mass is 550 g/mol. The molecule has 0 bridgehead atoms. The van der Waals surface area contributed by atoms with Crippen LogP contribution in [0.15, 0.2) is 42.9 Å². The number of nitrogens with zero attached hydrogens (tertiary/aromatic N) is 4. The van der Waals surface area contributed by atoms with Crippen LogP contribution in [0.5, 0.6) is 0 Å². The number of ether oxygens (including phenoxy) is 2. The van der Waals surface area contributed by atoms with Gasteiger partial charge in [0.2, 0.25) is 6.79 Å². The van der Waals surface area contributed by atoms with Gasteiger partial charge in [-0.05, 0) is 56.5 Å². The van der Waals surface area contributed by atoms with Crippen molar-refractivity contribution in [2.75, 3.05) is 25.2 Å². The Morgan fingerprint density at radius 3 is 2.60 bits per heavy atom. The second kappa shape index (κ2) is 13.6. The maximum absolute atomic E-state index is 13.3. The van der Waals surface area contributed by atoms with Gasteiger partial charge < -0.3 is 20.1 Å². The highest BCUT2D eigenvalue weighted by Gasteiger charge is 2.27. The van der Waals surface area contributed by atoms with Gasteiger partial charge in [-0.1, -0.05) is 13.0 Å². The van der Waals surface area contributed by atoms with E-state index in [9.17, 15) is 24.0 Å². The number of aldehydes is 1. The number of aryl methyl sites for hydroxylation is 2. The molecule has 210 valence electrons. The Morgan fingerprint density at radius 1 is 1.12 bits per heavy atom. The molecule has 0 unspecified atom stereocenters. The number of carbonyl (C=O) groups excluding carboxylic acids is 5. The number of aromatic nitrogens is 3. The SMILES string of the molecule is CCCNC(=O)c1ccc(C)c(Nc2ncnn3cc(C(=O)N(CC)C(=O)OCOC(=O)/C=C/C=O)c(C)c23)c1. The lowest BCUT2D eigenvalue weighted by molar-refractivity contribution is -0.146. The minimum atomic E-state index is -1.02. The standard InChI is InChI=1S/C27H30N6O7/c1-5-11-28-25(36)19-10-9-17(3)21(13-19)31-24-23-18(4)20(14-33(23)30-15-29-24)26(37)32(6-2)27(38)40-16-39-22(35)8-7-12-34/h7-10,12-15H,5-6,11,16H2,1-4H3,(H,28,36)(H,29,30,31)/b8-7+. The van der Waals surface area contributed by atoms with Gasteiger partial charge in [0.05, 0.1) is 5.56 Å². The number of nitrogens with one attached hydrogen (secondary N) is 2. The molecule has 40 heavy (non-hydrogen) atoms. The molecule has 3 amide bonds. The van der Waals surface area contributed by atoms with Crippen molar-refractivity contribution in [3.05, 3.63) is 65.1 Å². The Bertz CT molecular complexity index is 1460. The number of hydrogen-bond donors (Lipinski definition) is 2. The molecule has 2 N–H and O–H groups in total. The second-order valence-electron chi connectivity index (χ2n) is 8.52. The van der Waals surface area contributed by atoms with Gasteiger partial charge in [0, 0.05) is 36.6 Å². The van der Waals surface area contributed by atoms with Crippen LogP contribution in [-0.2, 0) is 19.1 Å². The van der Waals surface area contributed by atoms with E-state index in [4.69, 9.17) is 4.74 Å². The molecule has 0 aliphatic heterocycles. The largest absolute Gasteiger partial charge is 0.425 e. The van der Waals surface area contributed by atoms with E-state index in [2.05, 4.69) is 25.5 Å². The molecule has 0 aliphatic rings. The van der Waals surface area contributed by atoms with E-state index in [0.717, 1.165) is 29.0 Å². The van der Waals surface area contributed by atoms with Crippen molar-refractivity contribution in [2.45, 2.75) is 34.1 Å². The fourth-order valence-electron chi connectivity index (χ4n) is 3.72. The third kappa shape index (κ3) is 6.87. The minimum Gasteiger partial charge on any atom is -0.425 e. The zero-order valence-corrected chi connectivity index (χ0v) is 22.6. The maximum Gasteiger partial charge on any atom is 0.419 e. The van der Waals surface area contributed by atoms with E-state index in [1.54, 1.807) is 26.0 Å². The summed E-state index contributed by atoms with van der Waals surface area (Å²) in [6, 6.07) is 5.28. The number of benzene rings is 1. The highest BCUT2D eigenvalue weighted by molar-refractivity contribution is 6.05. The normalized spacial score (nSPS) is 10.8. The number of anilines is 2. The van der Waals surface area contributed by atoms with Gasteiger partial charge in [0.15, 0.2) is 5.82 Å². The first-order valence-electron chi connectivity index (χ1n) is 12.5. The fraction of sp³-hybridized carbons (Fsp3) is 0.296. The lowest BCUT2D eigenvalue weighted by Crippen LogP contribution is -2.37. The number of amides is 3. The summed E-state index contributed by atoms with van der Waals surface area (Å²) in [5.74, 6) is -1.34. The molecular formula is C27H30N6O7. The Morgan fingerprint density at radius 2 is 1.90 bits per heavy atom. The van der Waals surface area contributed by atoms with Crippen molar-refractivity contribution in [3.8, 4) is 0 Å². The van der Waals surface area contributed by atoms with Crippen molar-refractivity contribution in [2.24, 2.45) is 0 Å². The van der Waals surface area contributed by atoms with E-state index >= 15 is 0 Å². The van der Waals surface area contributed by atoms with Gasteiger partial charge in [-0.15, -0.1) is 0 Å². The average molecular weight is 551 g/mol. The van der Waals surface area contributed by atoms with Crippen molar-refractivity contribution < 1.29 is 33.4 Å². The molecule has 0 radical (unpaired) electrons. The lowest BCUT2D eigenvalue weighted by atomic mass is 10.1. The Balaban J connectivity index is 1.84. The van der Waals surface area contributed by atoms with E-state index in [-0.39, 0.29) is 18.0 Å². The van der Waals surface area contributed by atoms with E-state index in [1.807, 2.05) is 19.9 Å². The van der Waals surface area contributed by atoms with Crippen LogP contribution in [0.4, 0.5) is 16.3 Å². The lowest BCUT2D eigenvalue weighted by Gasteiger charge is -2.18. The quantitative estimate of drug-likeness (QED) is 0.157. The van der Waals surface area contributed by atoms with Crippen LogP contribution in [0.2, 0.25) is 0 Å². The van der Waals surface area contributed by atoms with Gasteiger partial charge in [-0.25, -0.2) is 24.0 Å². The van der Waals surface area contributed by atoms with E-state index in [1.165, 1.54) is 17.0 Å². The molecule has 0 aliphatic carbocycles. The highest BCUT2D eigenvalue weighted by atomic mass is 16.7. The zero-order chi connectivity index (χ0) is 29.2. The highest BCUT2D eigenvalue weighted by Crippen LogP contribution is 2.28. The molecular weight excluding hydrogens is 520 g/mol. The molecule has 2 heterocycles. The molecule has 3 rings (SSSR count). The number of hydrogen-bond acceptors (Lipinski definition) is 10. The topological polar surface area (TPSA) is 161 Å². The Labute approximate surface area is 230 Å². The molecule has 0 saturated heterocycles. The molecule has 0 spiro atoms. The molecule has 13 heteroatoms. The summed E-state index contributed by atoms with van der Waals surface area (Å²) in [6.07, 6.45) is 4.78. The number of fused-ring (bicyclic) bond motifs is 1. The fourth-order valence-corrected chi connectivity index (χ4v) is 3.72. The van der Waals surface area contributed by atoms with Crippen LogP contribution in [0.3, 0.4) is 0 Å². The predicted octanol–water partition coefficient (Wildman–Crippen LogP) is 3.08. The number of carbonyl (C=O) groups is 5. The van der Waals surface area contributed by atoms with Gasteiger partial charge >= 0.3 is 12.1 Å². The first-order chi connectivity index (χ1) is 19.2. The first kappa shape index (κ1) is 29.5.